The van der Waals surface area contributed by atoms with Crippen molar-refractivity contribution in [1.82, 2.24) is 14.5 Å². The Morgan fingerprint density at radius 2 is 1.24 bits per heavy atom. The van der Waals surface area contributed by atoms with Crippen molar-refractivity contribution in [2.24, 2.45) is 0 Å². The lowest BCUT2D eigenvalue weighted by atomic mass is 9.63. The van der Waals surface area contributed by atoms with Crippen molar-refractivity contribution in [3.63, 3.8) is 0 Å². The van der Waals surface area contributed by atoms with E-state index < -0.39 is 0 Å². The fraction of sp³-hybridized carbons (Fsp3) is 0.190. The second kappa shape index (κ2) is 9.64. The predicted molar refractivity (Wildman–Crippen MR) is 190 cm³/mol. The van der Waals surface area contributed by atoms with E-state index in [1.165, 1.54) is 45.8 Å². The van der Waals surface area contributed by atoms with Gasteiger partial charge < -0.3 is 8.98 Å². The molecule has 8 aromatic rings. The first-order chi connectivity index (χ1) is 22.3. The molecule has 0 saturated carbocycles. The molecule has 224 valence electrons. The van der Waals surface area contributed by atoms with Crippen LogP contribution in [0.1, 0.15) is 51.7 Å². The molecule has 0 N–H and O–H groups in total. The van der Waals surface area contributed by atoms with E-state index in [1.54, 1.807) is 0 Å². The lowest BCUT2D eigenvalue weighted by Crippen LogP contribution is -2.33. The van der Waals surface area contributed by atoms with Crippen LogP contribution in [0.4, 0.5) is 0 Å². The van der Waals surface area contributed by atoms with Crippen molar-refractivity contribution in [3.8, 4) is 28.3 Å². The van der Waals surface area contributed by atoms with Crippen molar-refractivity contribution in [1.29, 1.82) is 0 Å². The van der Waals surface area contributed by atoms with Crippen LogP contribution in [0.2, 0.25) is 0 Å². The Kier molecular flexibility index (Phi) is 5.68. The molecule has 5 aromatic carbocycles. The van der Waals surface area contributed by atoms with Gasteiger partial charge in [-0.15, -0.1) is 0 Å². The van der Waals surface area contributed by atoms with Crippen molar-refractivity contribution in [2.75, 3.05) is 0 Å². The van der Waals surface area contributed by atoms with Crippen LogP contribution in [0.3, 0.4) is 0 Å². The lowest BCUT2D eigenvalue weighted by Gasteiger charge is -2.42. The van der Waals surface area contributed by atoms with Gasteiger partial charge in [0.25, 0.3) is 0 Å². The van der Waals surface area contributed by atoms with Crippen LogP contribution in [0.15, 0.2) is 120 Å². The molecule has 0 unspecified atom stereocenters. The van der Waals surface area contributed by atoms with Gasteiger partial charge >= 0.3 is 0 Å². The van der Waals surface area contributed by atoms with Gasteiger partial charge in [0.05, 0.1) is 11.0 Å². The molecule has 46 heavy (non-hydrogen) atoms. The third kappa shape index (κ3) is 3.99. The minimum atomic E-state index is 0.133. The highest BCUT2D eigenvalue weighted by Gasteiger charge is 2.37. The maximum atomic E-state index is 6.32. The van der Waals surface area contributed by atoms with Crippen LogP contribution in [0, 0.1) is 0 Å². The third-order valence-corrected chi connectivity index (χ3v) is 10.3. The molecule has 0 fully saturated rings. The highest BCUT2D eigenvalue weighted by Crippen LogP contribution is 2.48. The quantitative estimate of drug-likeness (QED) is 0.203. The molecule has 0 spiro atoms. The van der Waals surface area contributed by atoms with Gasteiger partial charge in [-0.25, -0.2) is 9.97 Å². The molecule has 0 radical (unpaired) electrons. The summed E-state index contributed by atoms with van der Waals surface area (Å²) in [5, 5.41) is 3.60. The molecule has 0 aliphatic heterocycles. The molecule has 0 bridgehead atoms. The van der Waals surface area contributed by atoms with Gasteiger partial charge in [-0.05, 0) is 89.4 Å². The van der Waals surface area contributed by atoms with E-state index in [0.717, 1.165) is 39.0 Å². The van der Waals surface area contributed by atoms with E-state index in [9.17, 15) is 0 Å². The Labute approximate surface area is 268 Å². The molecule has 1 aliphatic carbocycles. The summed E-state index contributed by atoms with van der Waals surface area (Å²) < 4.78 is 8.74. The second-order valence-corrected chi connectivity index (χ2v) is 14.1. The third-order valence-electron chi connectivity index (χ3n) is 10.3. The first-order valence-corrected chi connectivity index (χ1v) is 16.2. The van der Waals surface area contributed by atoms with Crippen molar-refractivity contribution in [2.45, 2.75) is 51.4 Å². The summed E-state index contributed by atoms with van der Waals surface area (Å²) >= 11 is 0. The van der Waals surface area contributed by atoms with Crippen LogP contribution in [-0.2, 0) is 10.8 Å². The molecule has 0 amide bonds. The van der Waals surface area contributed by atoms with Crippen LogP contribution < -0.4 is 0 Å². The van der Waals surface area contributed by atoms with Gasteiger partial charge in [0, 0.05) is 33.0 Å². The fourth-order valence-electron chi connectivity index (χ4n) is 7.58. The summed E-state index contributed by atoms with van der Waals surface area (Å²) in [6, 6.07) is 40.8. The Morgan fingerprint density at radius 3 is 2.00 bits per heavy atom. The van der Waals surface area contributed by atoms with Gasteiger partial charge in [-0.2, -0.15) is 0 Å². The zero-order valence-electron chi connectivity index (χ0n) is 26.6. The van der Waals surface area contributed by atoms with Crippen molar-refractivity contribution in [3.05, 3.63) is 126 Å². The highest BCUT2D eigenvalue weighted by molar-refractivity contribution is 6.10. The summed E-state index contributed by atoms with van der Waals surface area (Å²) in [6.45, 7) is 9.61. The van der Waals surface area contributed by atoms with Gasteiger partial charge in [0.2, 0.25) is 0 Å². The number of para-hydroxylation sites is 2. The number of aromatic nitrogens is 3. The Bertz CT molecular complexity index is 2460. The second-order valence-electron chi connectivity index (χ2n) is 14.1. The minimum absolute atomic E-state index is 0.133. The number of hydrogen-bond acceptors (Lipinski definition) is 3. The SMILES string of the molecule is CC1(C)CCC(C)(C)c2cc3c(cc21)c1ccccc1n3-c1ccc(-c2nc(-c3ccccc3)c3oc4ccccc4c3n2)cc1. The molecule has 4 nitrogen and oxygen atoms in total. The Morgan fingerprint density at radius 1 is 0.587 bits per heavy atom. The van der Waals surface area contributed by atoms with Crippen molar-refractivity contribution >= 4 is 43.9 Å². The predicted octanol–water partition coefficient (Wildman–Crippen LogP) is 11.2. The molecule has 1 aliphatic rings. The van der Waals surface area contributed by atoms with Crippen LogP contribution in [0.5, 0.6) is 0 Å². The molecule has 3 heterocycles. The minimum Gasteiger partial charge on any atom is -0.452 e. The molecule has 0 atom stereocenters. The molecule has 0 saturated heterocycles. The first kappa shape index (κ1) is 27.1. The van der Waals surface area contributed by atoms with Crippen LogP contribution in [0.25, 0.3) is 72.2 Å². The van der Waals surface area contributed by atoms with Gasteiger partial charge in [0.15, 0.2) is 11.4 Å². The molecule has 4 heteroatoms. The number of hydrogen-bond donors (Lipinski definition) is 0. The van der Waals surface area contributed by atoms with E-state index in [4.69, 9.17) is 14.4 Å². The number of nitrogens with zero attached hydrogens (tertiary/aromatic N) is 3. The smallest absolute Gasteiger partial charge is 0.180 e. The van der Waals surface area contributed by atoms with E-state index in [0.29, 0.717) is 11.4 Å². The molecular formula is C42H35N3O. The number of furan rings is 1. The van der Waals surface area contributed by atoms with Gasteiger partial charge in [-0.1, -0.05) is 88.4 Å². The average Bonchev–Trinajstić information content (AvgIpc) is 3.62. The van der Waals surface area contributed by atoms with E-state index in [-0.39, 0.29) is 10.8 Å². The summed E-state index contributed by atoms with van der Waals surface area (Å²) in [5.74, 6) is 0.685. The van der Waals surface area contributed by atoms with Crippen molar-refractivity contribution < 1.29 is 4.42 Å². The zero-order chi connectivity index (χ0) is 31.2. The monoisotopic (exact) mass is 597 g/mol. The van der Waals surface area contributed by atoms with Crippen LogP contribution >= 0.6 is 0 Å². The normalized spacial score (nSPS) is 15.6. The number of rotatable bonds is 3. The van der Waals surface area contributed by atoms with Gasteiger partial charge in [0.1, 0.15) is 16.8 Å². The maximum absolute atomic E-state index is 6.32. The van der Waals surface area contributed by atoms with E-state index in [1.807, 2.05) is 36.4 Å². The van der Waals surface area contributed by atoms with Crippen LogP contribution in [-0.4, -0.2) is 14.5 Å². The Hall–Kier alpha value is -5.22. The topological polar surface area (TPSA) is 43.9 Å². The summed E-state index contributed by atoms with van der Waals surface area (Å²) in [7, 11) is 0. The first-order valence-electron chi connectivity index (χ1n) is 16.2. The standard InChI is InChI=1S/C42H35N3O/c1-41(2)22-23-42(3,4)33-25-35-31(24-32(33)41)29-14-8-10-16-34(29)45(35)28-20-18-27(19-21-28)40-43-37(26-12-6-5-7-13-26)39-38(44-40)30-15-9-11-17-36(30)46-39/h5-21,24-25H,22-23H2,1-4H3. The average molecular weight is 598 g/mol. The highest BCUT2D eigenvalue weighted by atomic mass is 16.3. The Balaban J connectivity index is 1.23. The maximum Gasteiger partial charge on any atom is 0.180 e. The van der Waals surface area contributed by atoms with Gasteiger partial charge in [-0.3, -0.25) is 0 Å². The largest absolute Gasteiger partial charge is 0.452 e. The summed E-state index contributed by atoms with van der Waals surface area (Å²) in [6.07, 6.45) is 2.39. The molecule has 3 aromatic heterocycles. The zero-order valence-corrected chi connectivity index (χ0v) is 26.6. The number of benzene rings is 5. The molecular weight excluding hydrogens is 562 g/mol. The fourth-order valence-corrected chi connectivity index (χ4v) is 7.58. The van der Waals surface area contributed by atoms with E-state index >= 15 is 0 Å². The summed E-state index contributed by atoms with van der Waals surface area (Å²) in [5.41, 5.74) is 12.0. The molecule has 9 rings (SSSR count). The lowest BCUT2D eigenvalue weighted by molar-refractivity contribution is 0.332. The van der Waals surface area contributed by atoms with E-state index in [2.05, 4.69) is 111 Å². The summed E-state index contributed by atoms with van der Waals surface area (Å²) in [4.78, 5) is 10.2. The number of fused-ring (bicyclic) bond motifs is 7.